The number of aliphatic hydroxyl groups is 1. The van der Waals surface area contributed by atoms with Crippen LogP contribution in [0.2, 0.25) is 0 Å². The van der Waals surface area contributed by atoms with Gasteiger partial charge in [-0.1, -0.05) is 12.1 Å². The Hall–Kier alpha value is -2.18. The van der Waals surface area contributed by atoms with Crippen LogP contribution in [0.15, 0.2) is 30.5 Å². The third kappa shape index (κ3) is 3.27. The second-order valence-electron chi connectivity index (χ2n) is 7.35. The van der Waals surface area contributed by atoms with Crippen molar-refractivity contribution < 1.29 is 15.0 Å². The first-order valence-corrected chi connectivity index (χ1v) is 9.41. The number of carbonyl (C=O) groups excluding carboxylic acids is 1. The number of hydrogen-bond acceptors (Lipinski definition) is 5. The highest BCUT2D eigenvalue weighted by Gasteiger charge is 2.30. The van der Waals surface area contributed by atoms with Gasteiger partial charge in [-0.05, 0) is 44.4 Å². The number of piperidine rings is 2. The Morgan fingerprint density at radius 2 is 1.92 bits per heavy atom. The van der Waals surface area contributed by atoms with E-state index in [1.54, 1.807) is 12.3 Å². The van der Waals surface area contributed by atoms with E-state index < -0.39 is 0 Å². The van der Waals surface area contributed by atoms with Crippen LogP contribution in [-0.2, 0) is 0 Å². The maximum Gasteiger partial charge on any atom is 0.257 e. The summed E-state index contributed by atoms with van der Waals surface area (Å²) in [6.07, 6.45) is 5.15. The number of phenolic OH excluding ortho intramolecular Hbond substituents is 1. The molecule has 6 nitrogen and oxygen atoms in total. The van der Waals surface area contributed by atoms with Gasteiger partial charge in [-0.3, -0.25) is 14.7 Å². The van der Waals surface area contributed by atoms with Gasteiger partial charge in [0.05, 0.1) is 11.7 Å². The van der Waals surface area contributed by atoms with Gasteiger partial charge in [-0.15, -0.1) is 0 Å². The predicted octanol–water partition coefficient (Wildman–Crippen LogP) is 2.00. The van der Waals surface area contributed by atoms with E-state index in [-0.39, 0.29) is 17.8 Å². The van der Waals surface area contributed by atoms with Crippen molar-refractivity contribution in [3.63, 3.8) is 0 Å². The third-order valence-corrected chi connectivity index (χ3v) is 5.67. The van der Waals surface area contributed by atoms with E-state index in [0.29, 0.717) is 30.2 Å². The summed E-state index contributed by atoms with van der Waals surface area (Å²) in [5.41, 5.74) is 0.790. The van der Waals surface area contributed by atoms with E-state index in [0.717, 1.165) is 44.2 Å². The maximum atomic E-state index is 12.9. The van der Waals surface area contributed by atoms with Crippen molar-refractivity contribution in [3.8, 4) is 5.75 Å². The smallest absolute Gasteiger partial charge is 0.257 e. The van der Waals surface area contributed by atoms with Crippen molar-refractivity contribution in [3.05, 3.63) is 36.0 Å². The van der Waals surface area contributed by atoms with Crippen molar-refractivity contribution in [1.82, 2.24) is 14.8 Å². The summed E-state index contributed by atoms with van der Waals surface area (Å²) in [5, 5.41) is 21.2. The largest absolute Gasteiger partial charge is 0.505 e. The molecule has 0 bridgehead atoms. The number of carbonyl (C=O) groups is 1. The highest BCUT2D eigenvalue weighted by Crippen LogP contribution is 2.29. The molecule has 1 amide bonds. The van der Waals surface area contributed by atoms with Gasteiger partial charge in [0.25, 0.3) is 5.91 Å². The van der Waals surface area contributed by atoms with E-state index in [4.69, 9.17) is 0 Å². The fourth-order valence-electron chi connectivity index (χ4n) is 4.22. The number of aromatic nitrogens is 1. The Bertz CT molecular complexity index is 802. The number of amides is 1. The monoisotopic (exact) mass is 355 g/mol. The molecule has 2 aliphatic heterocycles. The standard InChI is InChI=1S/C20H25N3O3/c24-16-4-2-10-23(13-16)15-7-11-22(12-8-15)20(26)17-6-5-14-3-1-9-21-18(14)19(17)25/h1,3,5-6,9,15-16,24-25H,2,4,7-8,10-13H2/t16-/m1/s1. The first-order valence-electron chi connectivity index (χ1n) is 9.41. The zero-order valence-electron chi connectivity index (χ0n) is 14.8. The molecule has 0 radical (unpaired) electrons. The number of pyridine rings is 1. The summed E-state index contributed by atoms with van der Waals surface area (Å²) in [6, 6.07) is 7.63. The van der Waals surface area contributed by atoms with Gasteiger partial charge in [-0.25, -0.2) is 0 Å². The molecule has 3 heterocycles. The number of likely N-dealkylation sites (tertiary alicyclic amines) is 2. The number of benzene rings is 1. The van der Waals surface area contributed by atoms with Crippen molar-refractivity contribution in [1.29, 1.82) is 0 Å². The van der Waals surface area contributed by atoms with Crippen LogP contribution in [-0.4, -0.2) is 69.2 Å². The number of nitrogens with zero attached hydrogens (tertiary/aromatic N) is 3. The van der Waals surface area contributed by atoms with Gasteiger partial charge in [-0.2, -0.15) is 0 Å². The second kappa shape index (κ2) is 7.21. The fourth-order valence-corrected chi connectivity index (χ4v) is 4.22. The predicted molar refractivity (Wildman–Crippen MR) is 99.1 cm³/mol. The number of phenols is 1. The molecule has 4 rings (SSSR count). The highest BCUT2D eigenvalue weighted by atomic mass is 16.3. The summed E-state index contributed by atoms with van der Waals surface area (Å²) >= 11 is 0. The molecule has 1 aromatic carbocycles. The minimum atomic E-state index is -0.217. The molecule has 1 atom stereocenters. The maximum absolute atomic E-state index is 12.9. The molecule has 0 saturated carbocycles. The van der Waals surface area contributed by atoms with E-state index in [2.05, 4.69) is 9.88 Å². The molecule has 26 heavy (non-hydrogen) atoms. The van der Waals surface area contributed by atoms with Gasteiger partial charge in [0.1, 0.15) is 5.52 Å². The number of aromatic hydroxyl groups is 1. The molecular formula is C20H25N3O3. The molecule has 1 aromatic heterocycles. The quantitative estimate of drug-likeness (QED) is 0.862. The first kappa shape index (κ1) is 17.2. The Kier molecular flexibility index (Phi) is 4.78. The summed E-state index contributed by atoms with van der Waals surface area (Å²) in [6.45, 7) is 3.13. The Labute approximate surface area is 153 Å². The van der Waals surface area contributed by atoms with Crippen LogP contribution in [0.5, 0.6) is 5.75 Å². The van der Waals surface area contributed by atoms with Gasteiger partial charge in [0, 0.05) is 37.3 Å². The molecule has 2 fully saturated rings. The van der Waals surface area contributed by atoms with Gasteiger partial charge < -0.3 is 15.1 Å². The van der Waals surface area contributed by atoms with Crippen molar-refractivity contribution in [2.75, 3.05) is 26.2 Å². The Morgan fingerprint density at radius 1 is 1.12 bits per heavy atom. The molecule has 6 heteroatoms. The molecule has 2 saturated heterocycles. The van der Waals surface area contributed by atoms with Crippen molar-refractivity contribution >= 4 is 16.8 Å². The van der Waals surface area contributed by atoms with Crippen molar-refractivity contribution in [2.24, 2.45) is 0 Å². The van der Waals surface area contributed by atoms with Gasteiger partial charge in [0.2, 0.25) is 0 Å². The second-order valence-corrected chi connectivity index (χ2v) is 7.35. The normalized spacial score (nSPS) is 22.7. The zero-order chi connectivity index (χ0) is 18.1. The SMILES string of the molecule is O=C(c1ccc2cccnc2c1O)N1CCC(N2CCC[C@@H](O)C2)CC1. The lowest BCUT2D eigenvalue weighted by atomic mass is 9.98. The van der Waals surface area contributed by atoms with Crippen LogP contribution in [0.1, 0.15) is 36.0 Å². The lowest BCUT2D eigenvalue weighted by molar-refractivity contribution is 0.0240. The van der Waals surface area contributed by atoms with Crippen LogP contribution >= 0.6 is 0 Å². The van der Waals surface area contributed by atoms with Crippen LogP contribution in [0.25, 0.3) is 10.9 Å². The third-order valence-electron chi connectivity index (χ3n) is 5.67. The van der Waals surface area contributed by atoms with E-state index in [1.165, 1.54) is 0 Å². The molecule has 2 aliphatic rings. The minimum Gasteiger partial charge on any atom is -0.505 e. The van der Waals surface area contributed by atoms with E-state index in [1.807, 2.05) is 23.1 Å². The summed E-state index contributed by atoms with van der Waals surface area (Å²) < 4.78 is 0. The number of fused-ring (bicyclic) bond motifs is 1. The van der Waals surface area contributed by atoms with Gasteiger partial charge in [0.15, 0.2) is 5.75 Å². The number of β-amino-alcohol motifs (C(OH)–C–C–N with tert-alkyl or cyclic N) is 1. The fraction of sp³-hybridized carbons (Fsp3) is 0.500. The van der Waals surface area contributed by atoms with Crippen molar-refractivity contribution in [2.45, 2.75) is 37.8 Å². The first-order chi connectivity index (χ1) is 12.6. The number of hydrogen-bond donors (Lipinski definition) is 2. The van der Waals surface area contributed by atoms with Crippen LogP contribution in [0, 0.1) is 0 Å². The summed E-state index contributed by atoms with van der Waals surface area (Å²) in [4.78, 5) is 21.3. The average Bonchev–Trinajstić information content (AvgIpc) is 2.68. The molecular weight excluding hydrogens is 330 g/mol. The van der Waals surface area contributed by atoms with Crippen LogP contribution in [0.3, 0.4) is 0 Å². The highest BCUT2D eigenvalue weighted by molar-refractivity contribution is 6.02. The van der Waals surface area contributed by atoms with Crippen LogP contribution in [0.4, 0.5) is 0 Å². The molecule has 0 spiro atoms. The van der Waals surface area contributed by atoms with Crippen LogP contribution < -0.4 is 0 Å². The minimum absolute atomic E-state index is 0.0330. The number of rotatable bonds is 2. The molecule has 2 aromatic rings. The average molecular weight is 355 g/mol. The van der Waals surface area contributed by atoms with Gasteiger partial charge >= 0.3 is 0 Å². The Morgan fingerprint density at radius 3 is 2.69 bits per heavy atom. The summed E-state index contributed by atoms with van der Waals surface area (Å²) in [5.74, 6) is -0.165. The molecule has 2 N–H and O–H groups in total. The number of aliphatic hydroxyl groups excluding tert-OH is 1. The molecule has 138 valence electrons. The molecule has 0 aliphatic carbocycles. The summed E-state index contributed by atoms with van der Waals surface area (Å²) in [7, 11) is 0. The Balaban J connectivity index is 1.44. The molecule has 0 unspecified atom stereocenters. The lowest BCUT2D eigenvalue weighted by Crippen LogP contribution is -2.50. The van der Waals surface area contributed by atoms with E-state index >= 15 is 0 Å². The van der Waals surface area contributed by atoms with E-state index in [9.17, 15) is 15.0 Å². The zero-order valence-corrected chi connectivity index (χ0v) is 14.8. The lowest BCUT2D eigenvalue weighted by Gasteiger charge is -2.41. The topological polar surface area (TPSA) is 76.9 Å².